The van der Waals surface area contributed by atoms with Crippen LogP contribution in [0, 0.1) is 0 Å². The van der Waals surface area contributed by atoms with Crippen molar-refractivity contribution in [2.75, 3.05) is 6.61 Å². The Morgan fingerprint density at radius 1 is 1.07 bits per heavy atom. The van der Waals surface area contributed by atoms with E-state index in [-0.39, 0.29) is 0 Å². The van der Waals surface area contributed by atoms with E-state index in [1.807, 2.05) is 6.92 Å². The van der Waals surface area contributed by atoms with E-state index in [0.717, 1.165) is 6.54 Å². The first-order valence-electron chi connectivity index (χ1n) is 5.22. The summed E-state index contributed by atoms with van der Waals surface area (Å²) in [6.45, 7) is 3.40. The second kappa shape index (κ2) is 4.91. The first kappa shape index (κ1) is 10.1. The van der Waals surface area contributed by atoms with Crippen LogP contribution in [-0.2, 0) is 11.4 Å². The zero-order valence-corrected chi connectivity index (χ0v) is 8.86. The Hall–Kier alpha value is -1.38. The number of hydroxylamine groups is 1. The summed E-state index contributed by atoms with van der Waals surface area (Å²) < 4.78 is 0. The highest BCUT2D eigenvalue weighted by Gasteiger charge is 1.95. The van der Waals surface area contributed by atoms with E-state index < -0.39 is 0 Å². The second-order valence-corrected chi connectivity index (χ2v) is 3.44. The first-order chi connectivity index (χ1) is 7.40. The molecule has 2 nitrogen and oxygen atoms in total. The van der Waals surface area contributed by atoms with Gasteiger partial charge in [-0.3, -0.25) is 0 Å². The minimum absolute atomic E-state index is 0.688. The minimum atomic E-state index is 0.688. The van der Waals surface area contributed by atoms with Crippen LogP contribution < -0.4 is 5.48 Å². The van der Waals surface area contributed by atoms with Gasteiger partial charge in [-0.25, -0.2) is 0 Å². The molecule has 15 heavy (non-hydrogen) atoms. The molecule has 78 valence electrons. The van der Waals surface area contributed by atoms with Gasteiger partial charge in [0.05, 0.1) is 6.61 Å². The van der Waals surface area contributed by atoms with Gasteiger partial charge in [-0.05, 0) is 29.3 Å². The maximum absolute atomic E-state index is 5.10. The van der Waals surface area contributed by atoms with Crippen molar-refractivity contribution in [1.29, 1.82) is 0 Å². The maximum atomic E-state index is 5.10. The number of hydrogen-bond donors (Lipinski definition) is 1. The number of fused-ring (bicyclic) bond motifs is 1. The molecule has 0 amide bonds. The van der Waals surface area contributed by atoms with Gasteiger partial charge < -0.3 is 4.84 Å². The number of nitrogens with one attached hydrogen (secondary N) is 1. The van der Waals surface area contributed by atoms with Crippen LogP contribution in [0.15, 0.2) is 42.5 Å². The van der Waals surface area contributed by atoms with Crippen molar-refractivity contribution < 1.29 is 4.84 Å². The van der Waals surface area contributed by atoms with Crippen molar-refractivity contribution >= 4 is 10.8 Å². The fourth-order valence-corrected chi connectivity index (χ4v) is 1.59. The van der Waals surface area contributed by atoms with Gasteiger partial charge in [-0.2, -0.15) is 5.48 Å². The molecule has 2 aromatic rings. The van der Waals surface area contributed by atoms with Crippen LogP contribution in [0.2, 0.25) is 0 Å². The predicted molar refractivity (Wildman–Crippen MR) is 62.4 cm³/mol. The molecular weight excluding hydrogens is 186 g/mol. The summed E-state index contributed by atoms with van der Waals surface area (Å²) in [6, 6.07) is 14.8. The molecule has 0 aromatic heterocycles. The molecule has 1 N–H and O–H groups in total. The standard InChI is InChI=1S/C13H15NO/c1-2-15-14-10-11-7-8-12-5-3-4-6-13(12)9-11/h3-9,14H,2,10H2,1H3. The van der Waals surface area contributed by atoms with Crippen molar-refractivity contribution in [3.8, 4) is 0 Å². The fraction of sp³-hybridized carbons (Fsp3) is 0.231. The molecule has 2 heteroatoms. The topological polar surface area (TPSA) is 21.3 Å². The molecule has 0 saturated carbocycles. The van der Waals surface area contributed by atoms with E-state index in [9.17, 15) is 0 Å². The van der Waals surface area contributed by atoms with Crippen LogP contribution in [-0.4, -0.2) is 6.61 Å². The Balaban J connectivity index is 2.16. The van der Waals surface area contributed by atoms with Gasteiger partial charge in [0.25, 0.3) is 0 Å². The van der Waals surface area contributed by atoms with Crippen molar-refractivity contribution in [1.82, 2.24) is 5.48 Å². The van der Waals surface area contributed by atoms with Crippen LogP contribution in [0.1, 0.15) is 12.5 Å². The Bertz CT molecular complexity index is 439. The van der Waals surface area contributed by atoms with Crippen molar-refractivity contribution in [2.24, 2.45) is 0 Å². The summed E-state index contributed by atoms with van der Waals surface area (Å²) in [5, 5.41) is 2.55. The summed E-state index contributed by atoms with van der Waals surface area (Å²) in [5.41, 5.74) is 4.15. The van der Waals surface area contributed by atoms with E-state index in [1.54, 1.807) is 0 Å². The Labute approximate surface area is 89.8 Å². The molecule has 0 aliphatic rings. The summed E-state index contributed by atoms with van der Waals surface area (Å²) >= 11 is 0. The zero-order valence-electron chi connectivity index (χ0n) is 8.86. The highest BCUT2D eigenvalue weighted by Crippen LogP contribution is 2.15. The predicted octanol–water partition coefficient (Wildman–Crippen LogP) is 2.88. The van der Waals surface area contributed by atoms with Crippen LogP contribution >= 0.6 is 0 Å². The lowest BCUT2D eigenvalue weighted by molar-refractivity contribution is 0.0463. The van der Waals surface area contributed by atoms with Gasteiger partial charge in [0.1, 0.15) is 0 Å². The highest BCUT2D eigenvalue weighted by molar-refractivity contribution is 5.82. The average molecular weight is 201 g/mol. The molecule has 0 spiro atoms. The lowest BCUT2D eigenvalue weighted by Gasteiger charge is -2.05. The molecule has 0 fully saturated rings. The van der Waals surface area contributed by atoms with Crippen LogP contribution in [0.4, 0.5) is 0 Å². The van der Waals surface area contributed by atoms with E-state index in [2.05, 4.69) is 47.9 Å². The Kier molecular flexibility index (Phi) is 3.33. The zero-order chi connectivity index (χ0) is 10.5. The molecule has 0 unspecified atom stereocenters. The van der Waals surface area contributed by atoms with Gasteiger partial charge in [0.2, 0.25) is 0 Å². The number of benzene rings is 2. The van der Waals surface area contributed by atoms with Gasteiger partial charge in [-0.15, -0.1) is 0 Å². The van der Waals surface area contributed by atoms with Gasteiger partial charge in [0, 0.05) is 6.54 Å². The van der Waals surface area contributed by atoms with Gasteiger partial charge >= 0.3 is 0 Å². The van der Waals surface area contributed by atoms with E-state index in [0.29, 0.717) is 6.61 Å². The number of rotatable bonds is 4. The molecule has 2 aromatic carbocycles. The van der Waals surface area contributed by atoms with E-state index >= 15 is 0 Å². The normalized spacial score (nSPS) is 10.7. The van der Waals surface area contributed by atoms with E-state index in [4.69, 9.17) is 4.84 Å². The smallest absolute Gasteiger partial charge is 0.0654 e. The van der Waals surface area contributed by atoms with Gasteiger partial charge in [0.15, 0.2) is 0 Å². The monoisotopic (exact) mass is 201 g/mol. The SMILES string of the molecule is CCONCc1ccc2ccccc2c1. The molecule has 0 heterocycles. The van der Waals surface area contributed by atoms with E-state index in [1.165, 1.54) is 16.3 Å². The summed E-state index contributed by atoms with van der Waals surface area (Å²) in [4.78, 5) is 5.10. The van der Waals surface area contributed by atoms with Crippen molar-refractivity contribution in [2.45, 2.75) is 13.5 Å². The molecular formula is C13H15NO. The third-order valence-electron chi connectivity index (χ3n) is 2.34. The third-order valence-corrected chi connectivity index (χ3v) is 2.34. The molecule has 2 rings (SSSR count). The number of hydrogen-bond acceptors (Lipinski definition) is 2. The molecule has 0 saturated heterocycles. The largest absolute Gasteiger partial charge is 0.302 e. The fourth-order valence-electron chi connectivity index (χ4n) is 1.59. The van der Waals surface area contributed by atoms with Gasteiger partial charge in [-0.1, -0.05) is 36.4 Å². The Morgan fingerprint density at radius 3 is 2.67 bits per heavy atom. The second-order valence-electron chi connectivity index (χ2n) is 3.44. The molecule has 0 radical (unpaired) electrons. The maximum Gasteiger partial charge on any atom is 0.0654 e. The summed E-state index contributed by atoms with van der Waals surface area (Å²) in [6.07, 6.45) is 0. The lowest BCUT2D eigenvalue weighted by Crippen LogP contribution is -2.13. The van der Waals surface area contributed by atoms with Crippen molar-refractivity contribution in [3.05, 3.63) is 48.0 Å². The molecule has 0 atom stereocenters. The van der Waals surface area contributed by atoms with Crippen molar-refractivity contribution in [3.63, 3.8) is 0 Å². The lowest BCUT2D eigenvalue weighted by atomic mass is 10.1. The highest BCUT2D eigenvalue weighted by atomic mass is 16.6. The molecule has 0 bridgehead atoms. The van der Waals surface area contributed by atoms with Crippen LogP contribution in [0.5, 0.6) is 0 Å². The average Bonchev–Trinajstić information content (AvgIpc) is 2.29. The quantitative estimate of drug-likeness (QED) is 0.606. The summed E-state index contributed by atoms with van der Waals surface area (Å²) in [5.74, 6) is 0. The third kappa shape index (κ3) is 2.55. The first-order valence-corrected chi connectivity index (χ1v) is 5.22. The molecule has 0 aliphatic carbocycles. The van der Waals surface area contributed by atoms with Crippen LogP contribution in [0.25, 0.3) is 10.8 Å². The van der Waals surface area contributed by atoms with Crippen LogP contribution in [0.3, 0.4) is 0 Å². The minimum Gasteiger partial charge on any atom is -0.302 e. The molecule has 0 aliphatic heterocycles. The Morgan fingerprint density at radius 2 is 1.87 bits per heavy atom. The summed E-state index contributed by atoms with van der Waals surface area (Å²) in [7, 11) is 0.